The van der Waals surface area contributed by atoms with Gasteiger partial charge in [0.15, 0.2) is 0 Å². The van der Waals surface area contributed by atoms with Crippen LogP contribution >= 0.6 is 0 Å². The second kappa shape index (κ2) is 4.57. The molecule has 0 fully saturated rings. The summed E-state index contributed by atoms with van der Waals surface area (Å²) in [7, 11) is 0. The SMILES string of the molecule is CC(C)(C1=[C-]CC=C1)C1=[C-]CC=C1.[H-].[H-].[Zr+4]. The van der Waals surface area contributed by atoms with Crippen LogP contribution < -0.4 is 0 Å². The summed E-state index contributed by atoms with van der Waals surface area (Å²) in [4.78, 5) is 0. The maximum Gasteiger partial charge on any atom is 4.00 e. The Hall–Kier alpha value is -0.157. The Bertz CT molecular complexity index is 304. The van der Waals surface area contributed by atoms with Crippen LogP contribution in [-0.4, -0.2) is 0 Å². The Balaban J connectivity index is 0. The fourth-order valence-corrected chi connectivity index (χ4v) is 1.81. The van der Waals surface area contributed by atoms with Crippen LogP contribution in [-0.2, 0) is 26.2 Å². The van der Waals surface area contributed by atoms with Crippen molar-refractivity contribution in [3.63, 3.8) is 0 Å². The molecule has 0 radical (unpaired) electrons. The molecular formula is C13H16Zr. The molecule has 0 aromatic rings. The van der Waals surface area contributed by atoms with Gasteiger partial charge in [-0.1, -0.05) is 19.3 Å². The van der Waals surface area contributed by atoms with E-state index < -0.39 is 0 Å². The third-order valence-corrected chi connectivity index (χ3v) is 2.74. The molecule has 0 aromatic heterocycles. The first-order valence-electron chi connectivity index (χ1n) is 4.77. The van der Waals surface area contributed by atoms with Crippen molar-refractivity contribution in [2.75, 3.05) is 0 Å². The van der Waals surface area contributed by atoms with E-state index >= 15 is 0 Å². The predicted octanol–water partition coefficient (Wildman–Crippen LogP) is 3.61. The van der Waals surface area contributed by atoms with E-state index in [1.807, 2.05) is 0 Å². The molecule has 0 saturated heterocycles. The van der Waals surface area contributed by atoms with Gasteiger partial charge in [0, 0.05) is 0 Å². The normalized spacial score (nSPS) is 19.3. The average Bonchev–Trinajstić information content (AvgIpc) is 2.78. The number of rotatable bonds is 2. The minimum atomic E-state index is 0. The number of hydrogen-bond donors (Lipinski definition) is 0. The quantitative estimate of drug-likeness (QED) is 0.668. The van der Waals surface area contributed by atoms with E-state index in [0.29, 0.717) is 0 Å². The third-order valence-electron chi connectivity index (χ3n) is 2.74. The predicted molar refractivity (Wildman–Crippen MR) is 57.0 cm³/mol. The van der Waals surface area contributed by atoms with Gasteiger partial charge in [0.25, 0.3) is 0 Å². The van der Waals surface area contributed by atoms with Crippen LogP contribution in [0, 0.1) is 17.6 Å². The summed E-state index contributed by atoms with van der Waals surface area (Å²) in [6, 6.07) is 0. The average molecular weight is 263 g/mol. The second-order valence-electron chi connectivity index (χ2n) is 4.02. The largest absolute Gasteiger partial charge is 4.00 e. The van der Waals surface area contributed by atoms with Crippen LogP contribution in [0.2, 0.25) is 0 Å². The second-order valence-corrected chi connectivity index (χ2v) is 4.02. The Morgan fingerprint density at radius 1 is 1.07 bits per heavy atom. The molecule has 2 aliphatic carbocycles. The fraction of sp³-hybridized carbons (Fsp3) is 0.385. The van der Waals surface area contributed by atoms with Gasteiger partial charge in [-0.2, -0.15) is 12.2 Å². The van der Waals surface area contributed by atoms with E-state index in [2.05, 4.69) is 50.3 Å². The zero-order valence-corrected chi connectivity index (χ0v) is 11.2. The zero-order chi connectivity index (χ0) is 9.31. The summed E-state index contributed by atoms with van der Waals surface area (Å²) in [6.07, 6.45) is 17.4. The smallest absolute Gasteiger partial charge is 1.00 e. The standard InChI is InChI=1S/C13H14.Zr.2H/c1-13(2,11-7-3-4-8-11)12-9-5-6-10-12;;;/h3,5,7,9H,4,6H2,1-2H3;;;/q-2;+4;2*-1. The Morgan fingerprint density at radius 2 is 1.50 bits per heavy atom. The minimum Gasteiger partial charge on any atom is -1.00 e. The van der Waals surface area contributed by atoms with Gasteiger partial charge in [-0.3, -0.25) is 12.2 Å². The van der Waals surface area contributed by atoms with Crippen molar-refractivity contribution in [3.8, 4) is 0 Å². The third kappa shape index (κ3) is 2.08. The molecule has 2 aliphatic rings. The van der Waals surface area contributed by atoms with Crippen molar-refractivity contribution < 1.29 is 29.1 Å². The molecule has 0 N–H and O–H groups in total. The minimum absolute atomic E-state index is 0. The van der Waals surface area contributed by atoms with Crippen molar-refractivity contribution in [2.45, 2.75) is 26.7 Å². The van der Waals surface area contributed by atoms with Crippen LogP contribution in [0.1, 0.15) is 29.5 Å². The summed E-state index contributed by atoms with van der Waals surface area (Å²) in [5, 5.41) is 0. The van der Waals surface area contributed by atoms with E-state index in [9.17, 15) is 0 Å². The first-order valence-corrected chi connectivity index (χ1v) is 4.77. The van der Waals surface area contributed by atoms with E-state index in [0.717, 1.165) is 12.8 Å². The van der Waals surface area contributed by atoms with Gasteiger partial charge in [-0.25, -0.2) is 23.3 Å². The van der Waals surface area contributed by atoms with Crippen molar-refractivity contribution in [3.05, 3.63) is 47.6 Å². The summed E-state index contributed by atoms with van der Waals surface area (Å²) in [5.74, 6) is 0. The fourth-order valence-electron chi connectivity index (χ4n) is 1.81. The van der Waals surface area contributed by atoms with Gasteiger partial charge in [-0.15, -0.1) is 12.8 Å². The molecule has 1 heteroatoms. The monoisotopic (exact) mass is 262 g/mol. The number of allylic oxidation sites excluding steroid dienone is 8. The first kappa shape index (κ1) is 11.9. The molecule has 0 saturated carbocycles. The molecule has 2 rings (SSSR count). The molecule has 0 nitrogen and oxygen atoms in total. The van der Waals surface area contributed by atoms with Gasteiger partial charge < -0.3 is 2.85 Å². The molecule has 14 heavy (non-hydrogen) atoms. The van der Waals surface area contributed by atoms with Crippen molar-refractivity contribution in [1.29, 1.82) is 0 Å². The van der Waals surface area contributed by atoms with Crippen LogP contribution in [0.4, 0.5) is 0 Å². The van der Waals surface area contributed by atoms with Gasteiger partial charge in [0.05, 0.1) is 0 Å². The van der Waals surface area contributed by atoms with Crippen molar-refractivity contribution in [2.24, 2.45) is 5.41 Å². The van der Waals surface area contributed by atoms with E-state index in [4.69, 9.17) is 0 Å². The molecule has 0 spiro atoms. The summed E-state index contributed by atoms with van der Waals surface area (Å²) < 4.78 is 0. The van der Waals surface area contributed by atoms with E-state index in [1.54, 1.807) is 0 Å². The van der Waals surface area contributed by atoms with Crippen molar-refractivity contribution in [1.82, 2.24) is 0 Å². The molecule has 72 valence electrons. The molecular weight excluding hydrogens is 247 g/mol. The molecule has 0 aromatic carbocycles. The molecule has 0 atom stereocenters. The topological polar surface area (TPSA) is 0 Å². The Kier molecular flexibility index (Phi) is 3.89. The molecule has 0 unspecified atom stereocenters. The van der Waals surface area contributed by atoms with Crippen LogP contribution in [0.5, 0.6) is 0 Å². The molecule has 0 amide bonds. The zero-order valence-electron chi connectivity index (χ0n) is 10.7. The Morgan fingerprint density at radius 3 is 1.79 bits per heavy atom. The summed E-state index contributed by atoms with van der Waals surface area (Å²) >= 11 is 0. The van der Waals surface area contributed by atoms with E-state index in [1.165, 1.54) is 11.1 Å². The molecule has 0 heterocycles. The van der Waals surface area contributed by atoms with Crippen LogP contribution in [0.15, 0.2) is 35.5 Å². The Labute approximate surface area is 109 Å². The van der Waals surface area contributed by atoms with Crippen LogP contribution in [0.25, 0.3) is 0 Å². The molecule has 0 aliphatic heterocycles. The van der Waals surface area contributed by atoms with Gasteiger partial charge >= 0.3 is 26.2 Å². The maximum atomic E-state index is 3.38. The number of hydrogen-bond acceptors (Lipinski definition) is 0. The molecule has 0 bridgehead atoms. The van der Waals surface area contributed by atoms with E-state index in [-0.39, 0.29) is 34.5 Å². The van der Waals surface area contributed by atoms with Crippen molar-refractivity contribution >= 4 is 0 Å². The van der Waals surface area contributed by atoms with Crippen LogP contribution in [0.3, 0.4) is 0 Å². The van der Waals surface area contributed by atoms with Gasteiger partial charge in [0.2, 0.25) is 0 Å². The van der Waals surface area contributed by atoms with Gasteiger partial charge in [0.1, 0.15) is 0 Å². The van der Waals surface area contributed by atoms with Gasteiger partial charge in [-0.05, 0) is 0 Å². The summed E-state index contributed by atoms with van der Waals surface area (Å²) in [5.41, 5.74) is 2.71. The first-order chi connectivity index (χ1) is 6.21. The maximum absolute atomic E-state index is 3.38. The summed E-state index contributed by atoms with van der Waals surface area (Å²) in [6.45, 7) is 4.48.